The Labute approximate surface area is 147 Å². The maximum Gasteiger partial charge on any atom is 0.265 e. The molecule has 1 unspecified atom stereocenters. The molecule has 2 aromatic rings. The lowest BCUT2D eigenvalue weighted by molar-refractivity contribution is -0.117. The SMILES string of the molecule is O=C(NC1CC(=O)N(c2ccc(F)cc2)C1)c1scc2c1OCCO2. The molecule has 0 spiro atoms. The number of amides is 2. The van der Waals surface area contributed by atoms with Gasteiger partial charge >= 0.3 is 0 Å². The Morgan fingerprint density at radius 3 is 2.80 bits per heavy atom. The van der Waals surface area contributed by atoms with Crippen molar-refractivity contribution in [2.24, 2.45) is 0 Å². The topological polar surface area (TPSA) is 67.9 Å². The predicted octanol–water partition coefficient (Wildman–Crippen LogP) is 2.19. The van der Waals surface area contributed by atoms with Crippen LogP contribution < -0.4 is 19.7 Å². The van der Waals surface area contributed by atoms with Crippen LogP contribution in [0.3, 0.4) is 0 Å². The number of thiophene rings is 1. The first-order valence-corrected chi connectivity index (χ1v) is 8.73. The molecule has 2 aliphatic rings. The van der Waals surface area contributed by atoms with E-state index in [1.807, 2.05) is 0 Å². The van der Waals surface area contributed by atoms with E-state index in [0.717, 1.165) is 0 Å². The van der Waals surface area contributed by atoms with Crippen molar-refractivity contribution in [2.75, 3.05) is 24.7 Å². The number of hydrogen-bond acceptors (Lipinski definition) is 5. The minimum absolute atomic E-state index is 0.107. The van der Waals surface area contributed by atoms with Gasteiger partial charge < -0.3 is 19.7 Å². The van der Waals surface area contributed by atoms with Gasteiger partial charge in [0.1, 0.15) is 23.9 Å². The summed E-state index contributed by atoms with van der Waals surface area (Å²) in [5, 5.41) is 4.62. The molecule has 0 saturated carbocycles. The predicted molar refractivity (Wildman–Crippen MR) is 89.9 cm³/mol. The zero-order chi connectivity index (χ0) is 17.4. The van der Waals surface area contributed by atoms with Gasteiger partial charge in [0.25, 0.3) is 5.91 Å². The van der Waals surface area contributed by atoms with E-state index in [1.54, 1.807) is 22.4 Å². The summed E-state index contributed by atoms with van der Waals surface area (Å²) in [5.74, 6) is 0.301. The molecule has 1 atom stereocenters. The summed E-state index contributed by atoms with van der Waals surface area (Å²) < 4.78 is 24.0. The van der Waals surface area contributed by atoms with E-state index < -0.39 is 0 Å². The summed E-state index contributed by atoms with van der Waals surface area (Å²) in [6, 6.07) is 5.41. The summed E-state index contributed by atoms with van der Waals surface area (Å²) in [6.07, 6.45) is 0.202. The first-order chi connectivity index (χ1) is 12.1. The lowest BCUT2D eigenvalue weighted by Gasteiger charge is -2.18. The quantitative estimate of drug-likeness (QED) is 0.909. The van der Waals surface area contributed by atoms with E-state index in [0.29, 0.717) is 41.8 Å². The highest BCUT2D eigenvalue weighted by Crippen LogP contribution is 2.39. The molecule has 1 aromatic heterocycles. The molecular weight excluding hydrogens is 347 g/mol. The van der Waals surface area contributed by atoms with Gasteiger partial charge in [-0.05, 0) is 24.3 Å². The normalized spacial score (nSPS) is 19.2. The smallest absolute Gasteiger partial charge is 0.265 e. The van der Waals surface area contributed by atoms with Gasteiger partial charge in [0.2, 0.25) is 5.91 Å². The summed E-state index contributed by atoms with van der Waals surface area (Å²) in [6.45, 7) is 1.22. The number of halogens is 1. The minimum atomic E-state index is -0.357. The second-order valence-corrected chi connectivity index (χ2v) is 6.69. The van der Waals surface area contributed by atoms with Crippen molar-refractivity contribution in [2.45, 2.75) is 12.5 Å². The number of fused-ring (bicyclic) bond motifs is 1. The van der Waals surface area contributed by atoms with Crippen molar-refractivity contribution in [3.63, 3.8) is 0 Å². The second-order valence-electron chi connectivity index (χ2n) is 5.81. The molecule has 1 saturated heterocycles. The van der Waals surface area contributed by atoms with Crippen LogP contribution in [0.25, 0.3) is 0 Å². The van der Waals surface area contributed by atoms with Crippen LogP contribution in [0.4, 0.5) is 10.1 Å². The molecule has 25 heavy (non-hydrogen) atoms. The Morgan fingerprint density at radius 2 is 2.00 bits per heavy atom. The van der Waals surface area contributed by atoms with Gasteiger partial charge in [0.15, 0.2) is 11.5 Å². The first-order valence-electron chi connectivity index (χ1n) is 7.85. The van der Waals surface area contributed by atoms with Crippen LogP contribution >= 0.6 is 11.3 Å². The fourth-order valence-electron chi connectivity index (χ4n) is 2.95. The molecule has 130 valence electrons. The molecule has 0 radical (unpaired) electrons. The van der Waals surface area contributed by atoms with Crippen molar-refractivity contribution in [3.05, 3.63) is 40.3 Å². The lowest BCUT2D eigenvalue weighted by atomic mass is 10.2. The van der Waals surface area contributed by atoms with Crippen molar-refractivity contribution in [3.8, 4) is 11.5 Å². The molecule has 0 aliphatic carbocycles. The molecule has 8 heteroatoms. The van der Waals surface area contributed by atoms with Crippen LogP contribution in [-0.2, 0) is 4.79 Å². The van der Waals surface area contributed by atoms with Crippen molar-refractivity contribution in [1.29, 1.82) is 0 Å². The van der Waals surface area contributed by atoms with E-state index in [4.69, 9.17) is 9.47 Å². The van der Waals surface area contributed by atoms with Gasteiger partial charge in [-0.1, -0.05) is 0 Å². The van der Waals surface area contributed by atoms with E-state index in [-0.39, 0.29) is 30.1 Å². The Kier molecular flexibility index (Phi) is 4.04. The van der Waals surface area contributed by atoms with E-state index in [1.165, 1.54) is 23.5 Å². The van der Waals surface area contributed by atoms with Crippen LogP contribution in [0.15, 0.2) is 29.6 Å². The summed E-state index contributed by atoms with van der Waals surface area (Å²) >= 11 is 1.25. The molecule has 3 heterocycles. The summed E-state index contributed by atoms with van der Waals surface area (Å²) in [7, 11) is 0. The molecule has 1 aromatic carbocycles. The minimum Gasteiger partial charge on any atom is -0.485 e. The average molecular weight is 362 g/mol. The molecule has 1 N–H and O–H groups in total. The summed E-state index contributed by atoms with van der Waals surface area (Å²) in [5.41, 5.74) is 0.619. The number of nitrogens with one attached hydrogen (secondary N) is 1. The number of anilines is 1. The van der Waals surface area contributed by atoms with Gasteiger partial charge in [-0.3, -0.25) is 9.59 Å². The molecular formula is C17H15FN2O4S. The zero-order valence-corrected chi connectivity index (χ0v) is 14.0. The standard InChI is InChI=1S/C17H15FN2O4S/c18-10-1-3-12(4-2-10)20-8-11(7-14(20)21)19-17(22)16-15-13(9-25-16)23-5-6-24-15/h1-4,9,11H,5-8H2,(H,19,22). The van der Waals surface area contributed by atoms with Gasteiger partial charge in [-0.25, -0.2) is 4.39 Å². The highest BCUT2D eigenvalue weighted by molar-refractivity contribution is 7.12. The highest BCUT2D eigenvalue weighted by atomic mass is 32.1. The number of carbonyl (C=O) groups excluding carboxylic acids is 2. The van der Waals surface area contributed by atoms with Crippen molar-refractivity contribution in [1.82, 2.24) is 5.32 Å². The Hall–Kier alpha value is -2.61. The van der Waals surface area contributed by atoms with Gasteiger partial charge in [-0.2, -0.15) is 0 Å². The number of hydrogen-bond donors (Lipinski definition) is 1. The lowest BCUT2D eigenvalue weighted by Crippen LogP contribution is -2.37. The monoisotopic (exact) mass is 362 g/mol. The third kappa shape index (κ3) is 3.05. The average Bonchev–Trinajstić information content (AvgIpc) is 3.19. The Morgan fingerprint density at radius 1 is 1.24 bits per heavy atom. The van der Waals surface area contributed by atoms with Gasteiger partial charge in [0.05, 0.1) is 6.04 Å². The Balaban J connectivity index is 1.45. The third-order valence-electron chi connectivity index (χ3n) is 4.11. The zero-order valence-electron chi connectivity index (χ0n) is 13.2. The molecule has 2 aliphatic heterocycles. The van der Waals surface area contributed by atoms with E-state index in [9.17, 15) is 14.0 Å². The highest BCUT2D eigenvalue weighted by Gasteiger charge is 2.33. The number of ether oxygens (including phenoxy) is 2. The molecule has 1 fully saturated rings. The maximum absolute atomic E-state index is 13.0. The number of carbonyl (C=O) groups is 2. The van der Waals surface area contributed by atoms with Gasteiger partial charge in [-0.15, -0.1) is 11.3 Å². The fraction of sp³-hybridized carbons (Fsp3) is 0.294. The molecule has 0 bridgehead atoms. The largest absolute Gasteiger partial charge is 0.485 e. The van der Waals surface area contributed by atoms with E-state index in [2.05, 4.69) is 5.32 Å². The second kappa shape index (κ2) is 6.36. The van der Waals surface area contributed by atoms with E-state index >= 15 is 0 Å². The molecule has 4 rings (SSSR count). The third-order valence-corrected chi connectivity index (χ3v) is 5.04. The molecule has 6 nitrogen and oxygen atoms in total. The van der Waals surface area contributed by atoms with Crippen LogP contribution in [0.5, 0.6) is 11.5 Å². The van der Waals surface area contributed by atoms with Crippen LogP contribution in [0.1, 0.15) is 16.1 Å². The van der Waals surface area contributed by atoms with Crippen LogP contribution in [0.2, 0.25) is 0 Å². The number of nitrogens with zero attached hydrogens (tertiary/aromatic N) is 1. The van der Waals surface area contributed by atoms with Gasteiger partial charge in [0, 0.05) is 24.0 Å². The summed E-state index contributed by atoms with van der Waals surface area (Å²) in [4.78, 5) is 26.7. The first kappa shape index (κ1) is 15.9. The maximum atomic E-state index is 13.0. The van der Waals surface area contributed by atoms with Crippen LogP contribution in [-0.4, -0.2) is 37.6 Å². The fourth-order valence-corrected chi connectivity index (χ4v) is 3.78. The Bertz CT molecular complexity index is 821. The van der Waals surface area contributed by atoms with Crippen molar-refractivity contribution >= 4 is 28.8 Å². The van der Waals surface area contributed by atoms with Crippen molar-refractivity contribution < 1.29 is 23.5 Å². The van der Waals surface area contributed by atoms with Crippen LogP contribution in [0, 0.1) is 5.82 Å². The number of benzene rings is 1. The number of rotatable bonds is 3. The molecule has 2 amide bonds.